The number of hydrogen-bond acceptors (Lipinski definition) is 6. The summed E-state index contributed by atoms with van der Waals surface area (Å²) in [6, 6.07) is 8.66. The van der Waals surface area contributed by atoms with Crippen molar-refractivity contribution < 1.29 is 19.2 Å². The number of pyridine rings is 1. The number of ether oxygens (including phenoxy) is 2. The molecule has 0 aliphatic heterocycles. The van der Waals surface area contributed by atoms with E-state index in [0.717, 1.165) is 0 Å². The first-order valence-electron chi connectivity index (χ1n) is 5.57. The van der Waals surface area contributed by atoms with E-state index in [9.17, 15) is 14.9 Å². The summed E-state index contributed by atoms with van der Waals surface area (Å²) in [6.45, 7) is 0. The summed E-state index contributed by atoms with van der Waals surface area (Å²) in [5.41, 5.74) is 0.153. The van der Waals surface area contributed by atoms with Crippen LogP contribution in [0, 0.1) is 10.1 Å². The van der Waals surface area contributed by atoms with Gasteiger partial charge in [0.1, 0.15) is 17.2 Å². The number of nitro benzene ring substituents is 1. The van der Waals surface area contributed by atoms with Crippen LogP contribution >= 0.6 is 0 Å². The molecule has 7 nitrogen and oxygen atoms in total. The number of carbonyl (C=O) groups is 1. The molecule has 0 saturated carbocycles. The lowest BCUT2D eigenvalue weighted by Gasteiger charge is -2.05. The average molecular weight is 274 g/mol. The molecule has 0 atom stereocenters. The lowest BCUT2D eigenvalue weighted by atomic mass is 10.3. The summed E-state index contributed by atoms with van der Waals surface area (Å²) in [5.74, 6) is 0.307. The van der Waals surface area contributed by atoms with Gasteiger partial charge >= 0.3 is 5.97 Å². The maximum absolute atomic E-state index is 11.2. The second kappa shape index (κ2) is 5.79. The molecule has 102 valence electrons. The fraction of sp³-hybridized carbons (Fsp3) is 0.0769. The molecule has 0 saturated heterocycles. The summed E-state index contributed by atoms with van der Waals surface area (Å²) in [6.07, 6.45) is 1.37. The molecule has 0 radical (unpaired) electrons. The van der Waals surface area contributed by atoms with Gasteiger partial charge in [0.2, 0.25) is 0 Å². The first-order chi connectivity index (χ1) is 9.60. The molecular formula is C13H10N2O5. The maximum atomic E-state index is 11.2. The fourth-order valence-electron chi connectivity index (χ4n) is 1.44. The molecule has 20 heavy (non-hydrogen) atoms. The Morgan fingerprint density at radius 2 is 1.80 bits per heavy atom. The zero-order valence-electron chi connectivity index (χ0n) is 10.5. The number of aromatic nitrogens is 1. The Morgan fingerprint density at radius 1 is 1.15 bits per heavy atom. The maximum Gasteiger partial charge on any atom is 0.356 e. The van der Waals surface area contributed by atoms with Crippen molar-refractivity contribution >= 4 is 11.7 Å². The van der Waals surface area contributed by atoms with E-state index >= 15 is 0 Å². The number of hydrogen-bond donors (Lipinski definition) is 0. The summed E-state index contributed by atoms with van der Waals surface area (Å²) >= 11 is 0. The van der Waals surface area contributed by atoms with Crippen LogP contribution in [0.5, 0.6) is 11.5 Å². The molecule has 2 rings (SSSR count). The van der Waals surface area contributed by atoms with Gasteiger partial charge in [0.25, 0.3) is 5.69 Å². The number of esters is 1. The van der Waals surface area contributed by atoms with Gasteiger partial charge < -0.3 is 9.47 Å². The van der Waals surface area contributed by atoms with E-state index in [1.165, 1.54) is 43.6 Å². The predicted molar refractivity (Wildman–Crippen MR) is 68.7 cm³/mol. The van der Waals surface area contributed by atoms with Crippen molar-refractivity contribution in [1.82, 2.24) is 4.98 Å². The highest BCUT2D eigenvalue weighted by molar-refractivity contribution is 5.87. The van der Waals surface area contributed by atoms with Crippen LogP contribution in [-0.4, -0.2) is 23.0 Å². The zero-order valence-corrected chi connectivity index (χ0v) is 10.5. The Morgan fingerprint density at radius 3 is 2.30 bits per heavy atom. The SMILES string of the molecule is COC(=O)c1ccc(Oc2ccc([N+](=O)[O-])cc2)cn1. The Hall–Kier alpha value is -2.96. The van der Waals surface area contributed by atoms with Gasteiger partial charge in [-0.25, -0.2) is 9.78 Å². The third-order valence-corrected chi connectivity index (χ3v) is 2.41. The molecule has 1 aromatic carbocycles. The molecular weight excluding hydrogens is 264 g/mol. The van der Waals surface area contributed by atoms with Gasteiger partial charge in [-0.15, -0.1) is 0 Å². The molecule has 0 unspecified atom stereocenters. The normalized spacial score (nSPS) is 9.85. The number of rotatable bonds is 4. The highest BCUT2D eigenvalue weighted by atomic mass is 16.6. The van der Waals surface area contributed by atoms with E-state index in [2.05, 4.69) is 9.72 Å². The molecule has 7 heteroatoms. The summed E-state index contributed by atoms with van der Waals surface area (Å²) < 4.78 is 9.97. The monoisotopic (exact) mass is 274 g/mol. The van der Waals surface area contributed by atoms with Crippen molar-refractivity contribution in [2.24, 2.45) is 0 Å². The van der Waals surface area contributed by atoms with Gasteiger partial charge in [0.05, 0.1) is 18.2 Å². The minimum Gasteiger partial charge on any atom is -0.464 e. The number of benzene rings is 1. The standard InChI is InChI=1S/C13H10N2O5/c1-19-13(16)12-7-6-11(8-14-12)20-10-4-2-9(3-5-10)15(17)18/h2-8H,1H3. The number of methoxy groups -OCH3 is 1. The number of non-ortho nitro benzene ring substituents is 1. The molecule has 0 aliphatic rings. The van der Waals surface area contributed by atoms with Gasteiger partial charge in [0, 0.05) is 12.1 Å². The fourth-order valence-corrected chi connectivity index (χ4v) is 1.44. The zero-order chi connectivity index (χ0) is 14.5. The topological polar surface area (TPSA) is 91.6 Å². The van der Waals surface area contributed by atoms with Crippen molar-refractivity contribution in [1.29, 1.82) is 0 Å². The van der Waals surface area contributed by atoms with Crippen LogP contribution in [-0.2, 0) is 4.74 Å². The van der Waals surface area contributed by atoms with Crippen molar-refractivity contribution in [3.8, 4) is 11.5 Å². The van der Waals surface area contributed by atoms with Crippen LogP contribution in [0.3, 0.4) is 0 Å². The van der Waals surface area contributed by atoms with Gasteiger partial charge in [-0.1, -0.05) is 0 Å². The summed E-state index contributed by atoms with van der Waals surface area (Å²) in [5, 5.41) is 10.5. The van der Waals surface area contributed by atoms with Crippen LogP contribution in [0.25, 0.3) is 0 Å². The second-order valence-corrected chi connectivity index (χ2v) is 3.72. The molecule has 0 N–H and O–H groups in total. The largest absolute Gasteiger partial charge is 0.464 e. The van der Waals surface area contributed by atoms with Crippen LogP contribution in [0.15, 0.2) is 42.6 Å². The van der Waals surface area contributed by atoms with E-state index in [1.54, 1.807) is 6.07 Å². The van der Waals surface area contributed by atoms with E-state index in [0.29, 0.717) is 11.5 Å². The summed E-state index contributed by atoms with van der Waals surface area (Å²) in [7, 11) is 1.27. The Labute approximate surface area is 113 Å². The highest BCUT2D eigenvalue weighted by Crippen LogP contribution is 2.23. The number of nitrogens with zero attached hydrogens (tertiary/aromatic N) is 2. The van der Waals surface area contributed by atoms with Crippen LogP contribution in [0.1, 0.15) is 10.5 Å². The van der Waals surface area contributed by atoms with Crippen molar-refractivity contribution in [2.75, 3.05) is 7.11 Å². The smallest absolute Gasteiger partial charge is 0.356 e. The molecule has 1 heterocycles. The first kappa shape index (κ1) is 13.5. The van der Waals surface area contributed by atoms with Gasteiger partial charge in [-0.3, -0.25) is 10.1 Å². The molecule has 0 spiro atoms. The van der Waals surface area contributed by atoms with Gasteiger partial charge in [0.15, 0.2) is 0 Å². The second-order valence-electron chi connectivity index (χ2n) is 3.72. The highest BCUT2D eigenvalue weighted by Gasteiger charge is 2.08. The Balaban J connectivity index is 2.10. The van der Waals surface area contributed by atoms with Crippen molar-refractivity contribution in [3.63, 3.8) is 0 Å². The van der Waals surface area contributed by atoms with E-state index in [4.69, 9.17) is 4.74 Å². The third-order valence-electron chi connectivity index (χ3n) is 2.41. The lowest BCUT2D eigenvalue weighted by molar-refractivity contribution is -0.384. The summed E-state index contributed by atoms with van der Waals surface area (Å²) in [4.78, 5) is 25.1. The van der Waals surface area contributed by atoms with E-state index in [1.807, 2.05) is 0 Å². The molecule has 1 aromatic heterocycles. The Bertz CT molecular complexity index is 622. The first-order valence-corrected chi connectivity index (χ1v) is 5.57. The molecule has 0 aliphatic carbocycles. The third kappa shape index (κ3) is 3.08. The van der Waals surface area contributed by atoms with Crippen molar-refractivity contribution in [3.05, 3.63) is 58.4 Å². The van der Waals surface area contributed by atoms with Crippen LogP contribution < -0.4 is 4.74 Å². The minimum absolute atomic E-state index is 0.0171. The lowest BCUT2D eigenvalue weighted by Crippen LogP contribution is -2.03. The van der Waals surface area contributed by atoms with E-state index < -0.39 is 10.9 Å². The Kier molecular flexibility index (Phi) is 3.90. The van der Waals surface area contributed by atoms with E-state index in [-0.39, 0.29) is 11.4 Å². The molecule has 0 bridgehead atoms. The molecule has 0 fully saturated rings. The molecule has 2 aromatic rings. The van der Waals surface area contributed by atoms with Gasteiger partial charge in [-0.2, -0.15) is 0 Å². The van der Waals surface area contributed by atoms with Crippen LogP contribution in [0.4, 0.5) is 5.69 Å². The number of nitro groups is 1. The molecule has 0 amide bonds. The minimum atomic E-state index is -0.535. The van der Waals surface area contributed by atoms with Gasteiger partial charge in [-0.05, 0) is 24.3 Å². The number of carbonyl (C=O) groups excluding carboxylic acids is 1. The van der Waals surface area contributed by atoms with Crippen molar-refractivity contribution in [2.45, 2.75) is 0 Å². The predicted octanol–water partition coefficient (Wildman–Crippen LogP) is 2.57. The quantitative estimate of drug-likeness (QED) is 0.483. The van der Waals surface area contributed by atoms with Crippen LogP contribution in [0.2, 0.25) is 0 Å². The average Bonchev–Trinajstić information content (AvgIpc) is 2.48.